The predicted octanol–water partition coefficient (Wildman–Crippen LogP) is 3.11. The topological polar surface area (TPSA) is 109 Å². The van der Waals surface area contributed by atoms with Crippen molar-refractivity contribution >= 4 is 21.4 Å². The zero-order valence-electron chi connectivity index (χ0n) is 22.9. The molecule has 12 heteroatoms. The van der Waals surface area contributed by atoms with Crippen LogP contribution in [0.1, 0.15) is 19.4 Å². The summed E-state index contributed by atoms with van der Waals surface area (Å²) in [4.78, 5) is 12.7. The van der Waals surface area contributed by atoms with Gasteiger partial charge < -0.3 is 19.7 Å². The van der Waals surface area contributed by atoms with Crippen molar-refractivity contribution in [2.45, 2.75) is 37.4 Å². The molecular formula is C28H35FN6O4S. The van der Waals surface area contributed by atoms with Crippen molar-refractivity contribution in [2.75, 3.05) is 56.1 Å². The molecule has 2 saturated heterocycles. The van der Waals surface area contributed by atoms with Crippen LogP contribution in [0.15, 0.2) is 53.7 Å². The Morgan fingerprint density at radius 2 is 1.85 bits per heavy atom. The maximum Gasteiger partial charge on any atom is 0.267 e. The molecule has 40 heavy (non-hydrogen) atoms. The van der Waals surface area contributed by atoms with Crippen molar-refractivity contribution < 1.29 is 22.3 Å². The predicted molar refractivity (Wildman–Crippen MR) is 152 cm³/mol. The molecule has 2 atom stereocenters. The van der Waals surface area contributed by atoms with Gasteiger partial charge in [-0.3, -0.25) is 14.6 Å². The highest BCUT2D eigenvalue weighted by molar-refractivity contribution is 7.92. The fraction of sp³-hybridized carbons (Fsp3) is 0.429. The van der Waals surface area contributed by atoms with Gasteiger partial charge in [0.2, 0.25) is 5.88 Å². The van der Waals surface area contributed by atoms with Crippen LogP contribution in [-0.2, 0) is 21.3 Å². The second kappa shape index (κ2) is 12.0. The van der Waals surface area contributed by atoms with E-state index in [-0.39, 0.29) is 16.5 Å². The first kappa shape index (κ1) is 28.2. The average molecular weight is 571 g/mol. The molecule has 4 heterocycles. The van der Waals surface area contributed by atoms with Gasteiger partial charge in [0, 0.05) is 56.6 Å². The number of anilines is 2. The van der Waals surface area contributed by atoms with E-state index in [1.807, 2.05) is 11.0 Å². The number of piperazine rings is 1. The number of ether oxygens (including phenoxy) is 2. The quantitative estimate of drug-likeness (QED) is 0.422. The third-order valence-corrected chi connectivity index (χ3v) is 8.40. The van der Waals surface area contributed by atoms with Gasteiger partial charge in [-0.1, -0.05) is 6.07 Å². The lowest BCUT2D eigenvalue weighted by Gasteiger charge is -2.36. The largest absolute Gasteiger partial charge is 0.480 e. The molecule has 5 rings (SSSR count). The van der Waals surface area contributed by atoms with E-state index < -0.39 is 15.8 Å². The van der Waals surface area contributed by atoms with Gasteiger partial charge in [-0.25, -0.2) is 17.8 Å². The second-order valence-corrected chi connectivity index (χ2v) is 12.0. The van der Waals surface area contributed by atoms with Gasteiger partial charge in [0.05, 0.1) is 43.6 Å². The number of aromatic nitrogens is 2. The molecule has 2 aliphatic heterocycles. The van der Waals surface area contributed by atoms with Crippen LogP contribution in [0, 0.1) is 5.82 Å². The first-order valence-corrected chi connectivity index (χ1v) is 14.8. The van der Waals surface area contributed by atoms with E-state index in [4.69, 9.17) is 9.47 Å². The molecular weight excluding hydrogens is 535 g/mol. The Balaban J connectivity index is 1.35. The van der Waals surface area contributed by atoms with Crippen molar-refractivity contribution in [3.63, 3.8) is 0 Å². The van der Waals surface area contributed by atoms with Gasteiger partial charge in [-0.05, 0) is 49.7 Å². The Hall–Kier alpha value is -3.32. The number of hydrogen-bond donors (Lipinski definition) is 2. The van der Waals surface area contributed by atoms with Gasteiger partial charge in [-0.2, -0.15) is 0 Å². The molecule has 2 aliphatic rings. The minimum atomic E-state index is -4.09. The highest BCUT2D eigenvalue weighted by atomic mass is 32.2. The number of sulfonamides is 1. The van der Waals surface area contributed by atoms with E-state index in [0.29, 0.717) is 61.9 Å². The third-order valence-electron chi connectivity index (χ3n) is 7.02. The van der Waals surface area contributed by atoms with Crippen molar-refractivity contribution in [3.8, 4) is 17.1 Å². The molecule has 214 valence electrons. The van der Waals surface area contributed by atoms with E-state index in [2.05, 4.69) is 38.8 Å². The summed E-state index contributed by atoms with van der Waals surface area (Å²) >= 11 is 0. The van der Waals surface area contributed by atoms with Crippen LogP contribution >= 0.6 is 0 Å². The molecule has 10 nitrogen and oxygen atoms in total. The minimum Gasteiger partial charge on any atom is -0.480 e. The molecule has 2 aromatic heterocycles. The molecule has 3 aromatic rings. The van der Waals surface area contributed by atoms with E-state index in [1.54, 1.807) is 18.3 Å². The Bertz CT molecular complexity index is 1440. The highest BCUT2D eigenvalue weighted by Crippen LogP contribution is 2.30. The highest BCUT2D eigenvalue weighted by Gasteiger charge is 2.25. The van der Waals surface area contributed by atoms with Crippen LogP contribution in [0.5, 0.6) is 5.88 Å². The number of morpholine rings is 1. The summed E-state index contributed by atoms with van der Waals surface area (Å²) in [6.07, 6.45) is 3.03. The van der Waals surface area contributed by atoms with Crippen molar-refractivity contribution in [1.82, 2.24) is 20.2 Å². The molecule has 0 amide bonds. The number of pyridine rings is 2. The summed E-state index contributed by atoms with van der Waals surface area (Å²) in [6.45, 7) is 9.11. The van der Waals surface area contributed by atoms with E-state index >= 15 is 4.39 Å². The van der Waals surface area contributed by atoms with Crippen LogP contribution < -0.4 is 19.7 Å². The first-order valence-electron chi connectivity index (χ1n) is 13.3. The smallest absolute Gasteiger partial charge is 0.267 e. The van der Waals surface area contributed by atoms with Crippen molar-refractivity contribution in [2.24, 2.45) is 0 Å². The maximum absolute atomic E-state index is 15.3. The molecule has 0 unspecified atom stereocenters. The lowest BCUT2D eigenvalue weighted by Crippen LogP contribution is -2.53. The number of hydrogen-bond acceptors (Lipinski definition) is 9. The fourth-order valence-electron chi connectivity index (χ4n) is 5.31. The average Bonchev–Trinajstić information content (AvgIpc) is 2.92. The second-order valence-electron chi connectivity index (χ2n) is 10.3. The summed E-state index contributed by atoms with van der Waals surface area (Å²) < 4.78 is 55.3. The van der Waals surface area contributed by atoms with E-state index in [9.17, 15) is 8.42 Å². The van der Waals surface area contributed by atoms with Gasteiger partial charge in [-0.15, -0.1) is 0 Å². The van der Waals surface area contributed by atoms with Crippen LogP contribution in [0.25, 0.3) is 11.3 Å². The van der Waals surface area contributed by atoms with Crippen molar-refractivity contribution in [1.29, 1.82) is 0 Å². The Morgan fingerprint density at radius 1 is 1.10 bits per heavy atom. The monoisotopic (exact) mass is 570 g/mol. The number of nitrogens with one attached hydrogen (secondary N) is 2. The van der Waals surface area contributed by atoms with Gasteiger partial charge in [0.25, 0.3) is 10.0 Å². The van der Waals surface area contributed by atoms with E-state index in [1.165, 1.54) is 31.5 Å². The van der Waals surface area contributed by atoms with Crippen LogP contribution in [-0.4, -0.2) is 81.9 Å². The molecule has 0 spiro atoms. The summed E-state index contributed by atoms with van der Waals surface area (Å²) in [5.74, 6) is -0.431. The Morgan fingerprint density at radius 3 is 2.55 bits per heavy atom. The van der Waals surface area contributed by atoms with Crippen LogP contribution in [0.3, 0.4) is 0 Å². The zero-order chi connectivity index (χ0) is 28.3. The number of halogens is 1. The number of nitrogens with zero attached hydrogens (tertiary/aromatic N) is 4. The normalized spacial score (nSPS) is 20.4. The lowest BCUT2D eigenvalue weighted by atomic mass is 10.1. The van der Waals surface area contributed by atoms with Crippen LogP contribution in [0.2, 0.25) is 0 Å². The molecule has 0 saturated carbocycles. The molecule has 1 aromatic carbocycles. The number of rotatable bonds is 8. The number of benzene rings is 1. The fourth-order valence-corrected chi connectivity index (χ4v) is 6.49. The minimum absolute atomic E-state index is 0.0197. The zero-order valence-corrected chi connectivity index (χ0v) is 23.7. The molecule has 2 fully saturated rings. The summed E-state index contributed by atoms with van der Waals surface area (Å²) in [5, 5.41) is 3.50. The summed E-state index contributed by atoms with van der Waals surface area (Å²) in [5.41, 5.74) is 2.39. The standard InChI is InChI=1S/C28H35FN6O4S/c1-19-16-34(17-20(2)32-19)18-21-4-5-24(25(29)12-21)26-13-22(6-7-30-26)33-40(36,37)27-14-23(15-31-28(27)38-3)35-8-10-39-11-9-35/h4-7,12-15,19-20,32H,8-11,16-18H2,1-3H3,(H,30,33)/t19-,20+. The SMILES string of the molecule is COc1ncc(N2CCOCC2)cc1S(=O)(=O)Nc1ccnc(-c2ccc(CN3C[C@@H](C)N[C@@H](C)C3)cc2F)c1. The first-order chi connectivity index (χ1) is 19.2. The van der Waals surface area contributed by atoms with Gasteiger partial charge in [0.1, 0.15) is 5.82 Å². The molecule has 2 N–H and O–H groups in total. The lowest BCUT2D eigenvalue weighted by molar-refractivity contribution is 0.122. The molecule has 0 bridgehead atoms. The summed E-state index contributed by atoms with van der Waals surface area (Å²) in [6, 6.07) is 10.4. The Labute approximate surface area is 234 Å². The molecule has 0 radical (unpaired) electrons. The molecule has 0 aliphatic carbocycles. The number of methoxy groups -OCH3 is 1. The Kier molecular flexibility index (Phi) is 8.50. The maximum atomic E-state index is 15.3. The van der Waals surface area contributed by atoms with Crippen molar-refractivity contribution in [3.05, 3.63) is 60.2 Å². The van der Waals surface area contributed by atoms with E-state index in [0.717, 1.165) is 18.7 Å². The van der Waals surface area contributed by atoms with Gasteiger partial charge >= 0.3 is 0 Å². The summed E-state index contributed by atoms with van der Waals surface area (Å²) in [7, 11) is -2.71. The van der Waals surface area contributed by atoms with Crippen LogP contribution in [0.4, 0.5) is 15.8 Å². The third kappa shape index (κ3) is 6.52. The van der Waals surface area contributed by atoms with Gasteiger partial charge in [0.15, 0.2) is 4.90 Å².